The number of rotatable bonds is 1. The van der Waals surface area contributed by atoms with Gasteiger partial charge in [0.2, 0.25) is 0 Å². The Morgan fingerprint density at radius 3 is 2.59 bits per heavy atom. The van der Waals surface area contributed by atoms with Gasteiger partial charge in [-0.15, -0.1) is 0 Å². The molecule has 2 aliphatic rings. The number of hydrogen-bond acceptors (Lipinski definition) is 3. The van der Waals surface area contributed by atoms with Gasteiger partial charge < -0.3 is 9.64 Å². The molecule has 1 aliphatic heterocycles. The highest BCUT2D eigenvalue weighted by Gasteiger charge is 2.58. The molecule has 2 unspecified atom stereocenters. The Morgan fingerprint density at radius 2 is 1.93 bits per heavy atom. The lowest BCUT2D eigenvalue weighted by Crippen LogP contribution is -2.65. The van der Waals surface area contributed by atoms with Crippen molar-refractivity contribution in [1.29, 1.82) is 0 Å². The molecule has 0 N–H and O–H groups in total. The SMILES string of the molecule is CC(C)(C)OC(=O)N1CCC2(C)c3c(cccc3-c3cccnc3)CC1C2(C)C. The zero-order valence-electron chi connectivity index (χ0n) is 18.5. The summed E-state index contributed by atoms with van der Waals surface area (Å²) >= 11 is 0. The Hall–Kier alpha value is -2.36. The number of benzene rings is 1. The van der Waals surface area contributed by atoms with Crippen molar-refractivity contribution in [3.05, 3.63) is 53.9 Å². The van der Waals surface area contributed by atoms with Crippen molar-refractivity contribution in [2.24, 2.45) is 5.41 Å². The number of nitrogens with zero attached hydrogens (tertiary/aromatic N) is 2. The first-order valence-corrected chi connectivity index (χ1v) is 10.6. The van der Waals surface area contributed by atoms with Gasteiger partial charge in [-0.25, -0.2) is 4.79 Å². The van der Waals surface area contributed by atoms with Gasteiger partial charge in [0.25, 0.3) is 0 Å². The Labute approximate surface area is 174 Å². The van der Waals surface area contributed by atoms with Gasteiger partial charge in [-0.3, -0.25) is 4.98 Å². The molecule has 154 valence electrons. The Bertz CT molecular complexity index is 930. The van der Waals surface area contributed by atoms with Crippen LogP contribution in [0.1, 0.15) is 59.1 Å². The Balaban J connectivity index is 1.81. The van der Waals surface area contributed by atoms with Crippen LogP contribution in [0.25, 0.3) is 11.1 Å². The molecule has 1 fully saturated rings. The van der Waals surface area contributed by atoms with Crippen LogP contribution in [-0.4, -0.2) is 34.2 Å². The van der Waals surface area contributed by atoms with Gasteiger partial charge in [0, 0.05) is 36.0 Å². The van der Waals surface area contributed by atoms with Crippen LogP contribution >= 0.6 is 0 Å². The standard InChI is InChI=1S/C25H32N2O2/c1-23(2,3)29-22(28)27-14-12-25(6)21-17(15-20(27)24(25,4)5)9-7-11-19(21)18-10-8-13-26-16-18/h7-11,13,16,20H,12,14-15H2,1-6H3. The van der Waals surface area contributed by atoms with Gasteiger partial charge in [-0.05, 0) is 61.8 Å². The van der Waals surface area contributed by atoms with E-state index in [2.05, 4.69) is 50.0 Å². The molecule has 29 heavy (non-hydrogen) atoms. The van der Waals surface area contributed by atoms with Gasteiger partial charge in [0.15, 0.2) is 0 Å². The van der Waals surface area contributed by atoms with Crippen LogP contribution < -0.4 is 0 Å². The summed E-state index contributed by atoms with van der Waals surface area (Å²) in [6.45, 7) is 13.5. The lowest BCUT2D eigenvalue weighted by Gasteiger charge is -2.61. The lowest BCUT2D eigenvalue weighted by atomic mass is 9.50. The average molecular weight is 393 g/mol. The molecule has 2 heterocycles. The second-order valence-corrected chi connectivity index (χ2v) is 10.3. The molecule has 1 aromatic heterocycles. The largest absolute Gasteiger partial charge is 0.444 e. The number of piperidine rings is 1. The van der Waals surface area contributed by atoms with Crippen LogP contribution in [0.2, 0.25) is 0 Å². The van der Waals surface area contributed by atoms with Crippen molar-refractivity contribution in [1.82, 2.24) is 9.88 Å². The molecule has 4 nitrogen and oxygen atoms in total. The molecule has 0 radical (unpaired) electrons. The summed E-state index contributed by atoms with van der Waals surface area (Å²) in [5.74, 6) is 0. The van der Waals surface area contributed by atoms with Crippen LogP contribution in [0.3, 0.4) is 0 Å². The average Bonchev–Trinajstić information content (AvgIpc) is 2.63. The molecule has 0 spiro atoms. The van der Waals surface area contributed by atoms with E-state index in [-0.39, 0.29) is 23.0 Å². The number of amides is 1. The van der Waals surface area contributed by atoms with Gasteiger partial charge in [-0.1, -0.05) is 45.0 Å². The second kappa shape index (κ2) is 6.58. The van der Waals surface area contributed by atoms with Crippen LogP contribution in [0.4, 0.5) is 4.79 Å². The first-order valence-electron chi connectivity index (χ1n) is 10.6. The third kappa shape index (κ3) is 3.13. The fourth-order valence-electron chi connectivity index (χ4n) is 5.32. The maximum Gasteiger partial charge on any atom is 0.410 e. The van der Waals surface area contributed by atoms with Gasteiger partial charge >= 0.3 is 6.09 Å². The van der Waals surface area contributed by atoms with E-state index < -0.39 is 5.60 Å². The molecule has 1 amide bonds. The van der Waals surface area contributed by atoms with E-state index in [1.54, 1.807) is 0 Å². The predicted molar refractivity (Wildman–Crippen MR) is 116 cm³/mol. The van der Waals surface area contributed by atoms with Gasteiger partial charge in [0.1, 0.15) is 5.60 Å². The molecule has 1 aromatic carbocycles. The Morgan fingerprint density at radius 1 is 1.17 bits per heavy atom. The van der Waals surface area contributed by atoms with Crippen LogP contribution in [0.15, 0.2) is 42.7 Å². The van der Waals surface area contributed by atoms with Gasteiger partial charge in [-0.2, -0.15) is 0 Å². The van der Waals surface area contributed by atoms with E-state index in [0.29, 0.717) is 0 Å². The van der Waals surface area contributed by atoms with Gasteiger partial charge in [0.05, 0.1) is 0 Å². The fourth-order valence-corrected chi connectivity index (χ4v) is 5.32. The van der Waals surface area contributed by atoms with E-state index in [1.807, 2.05) is 44.1 Å². The summed E-state index contributed by atoms with van der Waals surface area (Å²) in [6.07, 6.45) is 5.35. The number of carbonyl (C=O) groups is 1. The number of hydrogen-bond donors (Lipinski definition) is 0. The van der Waals surface area contributed by atoms with Crippen molar-refractivity contribution >= 4 is 6.09 Å². The lowest BCUT2D eigenvalue weighted by molar-refractivity contribution is -0.0519. The monoisotopic (exact) mass is 392 g/mol. The van der Waals surface area contributed by atoms with Crippen molar-refractivity contribution < 1.29 is 9.53 Å². The molecule has 1 saturated heterocycles. The zero-order chi connectivity index (χ0) is 21.0. The van der Waals surface area contributed by atoms with Crippen molar-refractivity contribution in [2.75, 3.05) is 6.54 Å². The number of ether oxygens (including phenoxy) is 1. The van der Waals surface area contributed by atoms with E-state index in [9.17, 15) is 4.79 Å². The number of aromatic nitrogens is 1. The fraction of sp³-hybridized carbons (Fsp3) is 0.520. The Kier molecular flexibility index (Phi) is 4.52. The molecular formula is C25H32N2O2. The first-order chi connectivity index (χ1) is 13.5. The highest BCUT2D eigenvalue weighted by Crippen LogP contribution is 2.58. The maximum atomic E-state index is 13.0. The molecule has 2 aromatic rings. The number of pyridine rings is 1. The predicted octanol–water partition coefficient (Wildman–Crippen LogP) is 5.60. The summed E-state index contributed by atoms with van der Waals surface area (Å²) in [7, 11) is 0. The third-order valence-electron chi connectivity index (χ3n) is 7.20. The third-order valence-corrected chi connectivity index (χ3v) is 7.20. The molecule has 2 atom stereocenters. The summed E-state index contributed by atoms with van der Waals surface area (Å²) < 4.78 is 5.75. The van der Waals surface area contributed by atoms with Crippen LogP contribution in [0, 0.1) is 5.41 Å². The minimum absolute atomic E-state index is 0.0316. The highest BCUT2D eigenvalue weighted by molar-refractivity contribution is 5.73. The quantitative estimate of drug-likeness (QED) is 0.634. The van der Waals surface area contributed by atoms with Crippen LogP contribution in [0.5, 0.6) is 0 Å². The molecule has 4 rings (SSSR count). The smallest absolute Gasteiger partial charge is 0.410 e. The van der Waals surface area contributed by atoms with Crippen LogP contribution in [-0.2, 0) is 16.6 Å². The first kappa shape index (κ1) is 19.9. The molecule has 0 saturated carbocycles. The summed E-state index contributed by atoms with van der Waals surface area (Å²) in [4.78, 5) is 19.3. The van der Waals surface area contributed by atoms with E-state index in [1.165, 1.54) is 16.7 Å². The van der Waals surface area contributed by atoms with E-state index >= 15 is 0 Å². The maximum absolute atomic E-state index is 13.0. The summed E-state index contributed by atoms with van der Waals surface area (Å²) in [5.41, 5.74) is 4.61. The molecular weight excluding hydrogens is 360 g/mol. The van der Waals surface area contributed by atoms with Crippen molar-refractivity contribution in [3.63, 3.8) is 0 Å². The normalized spacial score (nSPS) is 25.3. The number of carbonyl (C=O) groups excluding carboxylic acids is 1. The highest BCUT2D eigenvalue weighted by atomic mass is 16.6. The number of likely N-dealkylation sites (tertiary alicyclic amines) is 1. The van der Waals surface area contributed by atoms with E-state index in [0.717, 1.165) is 24.9 Å². The topological polar surface area (TPSA) is 42.4 Å². The molecule has 2 bridgehead atoms. The summed E-state index contributed by atoms with van der Waals surface area (Å²) in [6, 6.07) is 10.8. The minimum atomic E-state index is -0.484. The number of fused-ring (bicyclic) bond motifs is 4. The van der Waals surface area contributed by atoms with Crippen molar-refractivity contribution in [2.45, 2.75) is 71.4 Å². The molecule has 4 heteroatoms. The summed E-state index contributed by atoms with van der Waals surface area (Å²) in [5, 5.41) is 0. The second-order valence-electron chi connectivity index (χ2n) is 10.3. The minimum Gasteiger partial charge on any atom is -0.444 e. The molecule has 1 aliphatic carbocycles. The van der Waals surface area contributed by atoms with Crippen molar-refractivity contribution in [3.8, 4) is 11.1 Å². The zero-order valence-corrected chi connectivity index (χ0v) is 18.5. The van der Waals surface area contributed by atoms with E-state index in [4.69, 9.17) is 4.74 Å².